The fraction of sp³-hybridized carbons (Fsp3) is 0.900. The number of likely N-dealkylation sites (tertiary alicyclic amines) is 1. The summed E-state index contributed by atoms with van der Waals surface area (Å²) >= 11 is 0. The van der Waals surface area contributed by atoms with Crippen LogP contribution in [0.4, 0.5) is 0 Å². The summed E-state index contributed by atoms with van der Waals surface area (Å²) in [6, 6.07) is 0.530. The topological polar surface area (TPSA) is 60.8 Å². The van der Waals surface area contributed by atoms with Crippen molar-refractivity contribution in [1.82, 2.24) is 4.90 Å². The molecule has 4 heteroatoms. The molecule has 2 fully saturated rings. The van der Waals surface area contributed by atoms with E-state index in [4.69, 9.17) is 10.2 Å². The fourth-order valence-electron chi connectivity index (χ4n) is 2.95. The minimum atomic E-state index is -0.640. The van der Waals surface area contributed by atoms with Crippen molar-refractivity contribution in [1.29, 1.82) is 0 Å². The SMILES string of the molecule is O=C(O)C1CCC2CC1CN2CCO. The van der Waals surface area contributed by atoms with Crippen LogP contribution in [0.3, 0.4) is 0 Å². The predicted octanol–water partition coefficient (Wildman–Crippen LogP) is 0.164. The lowest BCUT2D eigenvalue weighted by Crippen LogP contribution is -2.31. The first-order valence-corrected chi connectivity index (χ1v) is 5.30. The molecule has 0 aromatic heterocycles. The number of aliphatic hydroxyl groups excluding tert-OH is 1. The van der Waals surface area contributed by atoms with Gasteiger partial charge in [0.1, 0.15) is 0 Å². The Balaban J connectivity index is 2.00. The molecule has 0 amide bonds. The number of hydrogen-bond donors (Lipinski definition) is 2. The van der Waals surface area contributed by atoms with Gasteiger partial charge in [-0.1, -0.05) is 0 Å². The molecule has 1 aliphatic heterocycles. The average molecular weight is 199 g/mol. The van der Waals surface area contributed by atoms with Gasteiger partial charge in [-0.05, 0) is 25.2 Å². The van der Waals surface area contributed by atoms with Crippen LogP contribution in [0.1, 0.15) is 19.3 Å². The fourth-order valence-corrected chi connectivity index (χ4v) is 2.95. The molecule has 2 aliphatic rings. The van der Waals surface area contributed by atoms with Crippen LogP contribution in [-0.4, -0.2) is 46.8 Å². The lowest BCUT2D eigenvalue weighted by Gasteiger charge is -2.26. The smallest absolute Gasteiger partial charge is 0.306 e. The second kappa shape index (κ2) is 3.87. The Morgan fingerprint density at radius 2 is 2.21 bits per heavy atom. The Labute approximate surface area is 83.5 Å². The van der Waals surface area contributed by atoms with Gasteiger partial charge in [-0.3, -0.25) is 9.69 Å². The molecule has 14 heavy (non-hydrogen) atoms. The van der Waals surface area contributed by atoms with Gasteiger partial charge >= 0.3 is 5.97 Å². The summed E-state index contributed by atoms with van der Waals surface area (Å²) < 4.78 is 0. The van der Waals surface area contributed by atoms with Gasteiger partial charge in [0, 0.05) is 19.1 Å². The zero-order valence-corrected chi connectivity index (χ0v) is 8.22. The molecule has 0 aromatic carbocycles. The number of carboxylic acids is 1. The van der Waals surface area contributed by atoms with Gasteiger partial charge in [-0.25, -0.2) is 0 Å². The van der Waals surface area contributed by atoms with E-state index in [9.17, 15) is 4.79 Å². The van der Waals surface area contributed by atoms with Crippen LogP contribution in [0.15, 0.2) is 0 Å². The first-order valence-electron chi connectivity index (χ1n) is 5.30. The van der Waals surface area contributed by atoms with Crippen LogP contribution in [0, 0.1) is 11.8 Å². The first-order chi connectivity index (χ1) is 6.72. The monoisotopic (exact) mass is 199 g/mol. The molecule has 0 aromatic rings. The number of rotatable bonds is 3. The normalized spacial score (nSPS) is 37.4. The summed E-state index contributed by atoms with van der Waals surface area (Å²) in [7, 11) is 0. The van der Waals surface area contributed by atoms with E-state index in [1.165, 1.54) is 0 Å². The van der Waals surface area contributed by atoms with Crippen LogP contribution in [0.5, 0.6) is 0 Å². The highest BCUT2D eigenvalue weighted by Crippen LogP contribution is 2.39. The third-order valence-corrected chi connectivity index (χ3v) is 3.64. The van der Waals surface area contributed by atoms with Crippen molar-refractivity contribution in [3.63, 3.8) is 0 Å². The van der Waals surface area contributed by atoms with Crippen LogP contribution < -0.4 is 0 Å². The number of β-amino-alcohol motifs (C(OH)–C–C–N with tert-alkyl or cyclic N) is 1. The van der Waals surface area contributed by atoms with Crippen molar-refractivity contribution in [3.05, 3.63) is 0 Å². The molecular formula is C10H17NO3. The summed E-state index contributed by atoms with van der Waals surface area (Å²) in [6.45, 7) is 1.75. The van der Waals surface area contributed by atoms with Gasteiger partial charge in [0.05, 0.1) is 12.5 Å². The minimum absolute atomic E-state index is 0.144. The van der Waals surface area contributed by atoms with E-state index in [0.29, 0.717) is 18.5 Å². The molecule has 3 atom stereocenters. The highest BCUT2D eigenvalue weighted by Gasteiger charge is 2.43. The summed E-state index contributed by atoms with van der Waals surface area (Å²) in [5, 5.41) is 17.9. The van der Waals surface area contributed by atoms with E-state index in [1.54, 1.807) is 0 Å². The molecule has 1 saturated carbocycles. The zero-order chi connectivity index (χ0) is 10.1. The van der Waals surface area contributed by atoms with E-state index in [1.807, 2.05) is 0 Å². The molecule has 2 rings (SSSR count). The Morgan fingerprint density at radius 3 is 2.86 bits per heavy atom. The summed E-state index contributed by atoms with van der Waals surface area (Å²) in [5.41, 5.74) is 0. The lowest BCUT2D eigenvalue weighted by molar-refractivity contribution is -0.144. The second-order valence-electron chi connectivity index (χ2n) is 4.39. The van der Waals surface area contributed by atoms with E-state index in [0.717, 1.165) is 25.8 Å². The standard InChI is InChI=1S/C10H17NO3/c12-4-3-11-6-7-5-8(11)1-2-9(7)10(13)14/h7-9,12H,1-6H2,(H,13,14). The molecule has 1 saturated heterocycles. The van der Waals surface area contributed by atoms with Crippen molar-refractivity contribution < 1.29 is 15.0 Å². The molecule has 4 nitrogen and oxygen atoms in total. The maximum Gasteiger partial charge on any atom is 0.306 e. The second-order valence-corrected chi connectivity index (χ2v) is 4.39. The highest BCUT2D eigenvalue weighted by atomic mass is 16.4. The Bertz CT molecular complexity index is 231. The van der Waals surface area contributed by atoms with E-state index >= 15 is 0 Å². The number of hydrogen-bond acceptors (Lipinski definition) is 3. The van der Waals surface area contributed by atoms with Crippen molar-refractivity contribution in [3.8, 4) is 0 Å². The molecule has 3 unspecified atom stereocenters. The van der Waals surface area contributed by atoms with Gasteiger partial charge in [0.15, 0.2) is 0 Å². The number of aliphatic carboxylic acids is 1. The largest absolute Gasteiger partial charge is 0.481 e. The van der Waals surface area contributed by atoms with E-state index in [-0.39, 0.29) is 12.5 Å². The van der Waals surface area contributed by atoms with Crippen molar-refractivity contribution >= 4 is 5.97 Å². The molecular weight excluding hydrogens is 182 g/mol. The lowest BCUT2D eigenvalue weighted by atomic mass is 9.80. The van der Waals surface area contributed by atoms with Crippen molar-refractivity contribution in [2.45, 2.75) is 25.3 Å². The third kappa shape index (κ3) is 1.64. The Hall–Kier alpha value is -0.610. The van der Waals surface area contributed by atoms with E-state index in [2.05, 4.69) is 4.90 Å². The molecule has 2 bridgehead atoms. The van der Waals surface area contributed by atoms with Crippen molar-refractivity contribution in [2.75, 3.05) is 19.7 Å². The van der Waals surface area contributed by atoms with Crippen LogP contribution in [0.2, 0.25) is 0 Å². The van der Waals surface area contributed by atoms with Gasteiger partial charge in [-0.2, -0.15) is 0 Å². The maximum absolute atomic E-state index is 10.9. The summed E-state index contributed by atoms with van der Waals surface area (Å²) in [4.78, 5) is 13.2. The average Bonchev–Trinajstić information content (AvgIpc) is 2.44. The highest BCUT2D eigenvalue weighted by molar-refractivity contribution is 5.70. The maximum atomic E-state index is 10.9. The molecule has 0 spiro atoms. The number of carboxylic acid groups (broad SMARTS) is 1. The number of nitrogens with zero attached hydrogens (tertiary/aromatic N) is 1. The predicted molar refractivity (Wildman–Crippen MR) is 50.9 cm³/mol. The van der Waals surface area contributed by atoms with E-state index < -0.39 is 5.97 Å². The van der Waals surface area contributed by atoms with Crippen LogP contribution >= 0.6 is 0 Å². The van der Waals surface area contributed by atoms with Crippen LogP contribution in [-0.2, 0) is 4.79 Å². The first kappa shape index (κ1) is 9.93. The molecule has 0 radical (unpaired) electrons. The van der Waals surface area contributed by atoms with Crippen molar-refractivity contribution in [2.24, 2.45) is 11.8 Å². The van der Waals surface area contributed by atoms with Gasteiger partial charge < -0.3 is 10.2 Å². The quantitative estimate of drug-likeness (QED) is 0.680. The number of fused-ring (bicyclic) bond motifs is 2. The summed E-state index contributed by atoms with van der Waals surface area (Å²) in [6.07, 6.45) is 2.80. The Kier molecular flexibility index (Phi) is 2.74. The van der Waals surface area contributed by atoms with Gasteiger partial charge in [0.2, 0.25) is 0 Å². The van der Waals surface area contributed by atoms with Gasteiger partial charge in [-0.15, -0.1) is 0 Å². The molecule has 80 valence electrons. The molecule has 1 heterocycles. The Morgan fingerprint density at radius 1 is 1.43 bits per heavy atom. The molecule has 1 aliphatic carbocycles. The van der Waals surface area contributed by atoms with Crippen LogP contribution in [0.25, 0.3) is 0 Å². The zero-order valence-electron chi connectivity index (χ0n) is 8.22. The number of aliphatic hydroxyl groups is 1. The number of carbonyl (C=O) groups is 1. The summed E-state index contributed by atoms with van der Waals surface area (Å²) in [5.74, 6) is -0.466. The minimum Gasteiger partial charge on any atom is -0.481 e. The van der Waals surface area contributed by atoms with Gasteiger partial charge in [0.25, 0.3) is 0 Å². The third-order valence-electron chi connectivity index (χ3n) is 3.64. The molecule has 2 N–H and O–H groups in total.